The van der Waals surface area contributed by atoms with Crippen LogP contribution < -0.4 is 4.74 Å². The zero-order valence-corrected chi connectivity index (χ0v) is 13.9. The van der Waals surface area contributed by atoms with Gasteiger partial charge in [0.2, 0.25) is 0 Å². The molecule has 20 heavy (non-hydrogen) atoms. The summed E-state index contributed by atoms with van der Waals surface area (Å²) in [6, 6.07) is 6.14. The van der Waals surface area contributed by atoms with Crippen LogP contribution in [0, 0.1) is 0 Å². The third-order valence-electron chi connectivity index (χ3n) is 3.76. The molecule has 0 amide bonds. The number of nitrogens with zero attached hydrogens (tertiary/aromatic N) is 1. The van der Waals surface area contributed by atoms with Gasteiger partial charge in [-0.3, -0.25) is 4.90 Å². The van der Waals surface area contributed by atoms with Gasteiger partial charge in [0.05, 0.1) is 11.1 Å². The molecule has 1 saturated carbocycles. The van der Waals surface area contributed by atoms with Crippen molar-refractivity contribution in [1.29, 1.82) is 0 Å². The molecule has 112 valence electrons. The quantitative estimate of drug-likeness (QED) is 0.802. The van der Waals surface area contributed by atoms with E-state index in [9.17, 15) is 5.11 Å². The lowest BCUT2D eigenvalue weighted by Crippen LogP contribution is -2.38. The second-order valence-corrected chi connectivity index (χ2v) is 6.41. The van der Waals surface area contributed by atoms with Crippen molar-refractivity contribution in [2.75, 3.05) is 26.3 Å². The fourth-order valence-electron chi connectivity index (χ4n) is 2.74. The lowest BCUT2D eigenvalue weighted by molar-refractivity contribution is 0.129. The molecule has 1 aliphatic carbocycles. The average Bonchev–Trinajstić information content (AvgIpc) is 2.94. The fourth-order valence-corrected chi connectivity index (χ4v) is 3.54. The molecule has 2 rings (SSSR count). The smallest absolute Gasteiger partial charge is 0.133 e. The van der Waals surface area contributed by atoms with Crippen molar-refractivity contribution in [2.24, 2.45) is 0 Å². The Morgan fingerprint density at radius 3 is 2.70 bits per heavy atom. The summed E-state index contributed by atoms with van der Waals surface area (Å²) in [5.41, 5.74) is 0. The molecule has 0 unspecified atom stereocenters. The van der Waals surface area contributed by atoms with Crippen molar-refractivity contribution >= 4 is 27.5 Å². The lowest BCUT2D eigenvalue weighted by atomic mass is 10.2. The first-order chi connectivity index (χ1) is 9.70. The molecule has 1 aliphatic rings. The lowest BCUT2D eigenvalue weighted by Gasteiger charge is -2.28. The van der Waals surface area contributed by atoms with Crippen LogP contribution in [0.1, 0.15) is 25.7 Å². The summed E-state index contributed by atoms with van der Waals surface area (Å²) in [4.78, 5) is 2.34. The minimum absolute atomic E-state index is 0.209. The van der Waals surface area contributed by atoms with Crippen molar-refractivity contribution in [1.82, 2.24) is 4.90 Å². The van der Waals surface area contributed by atoms with Gasteiger partial charge in [0, 0.05) is 24.2 Å². The molecule has 1 N–H and O–H groups in total. The third kappa shape index (κ3) is 4.62. The molecular weight excluding hydrogens is 342 g/mol. The number of halogens is 2. The highest BCUT2D eigenvalue weighted by Crippen LogP contribution is 2.28. The normalized spacial score (nSPS) is 16.0. The predicted octanol–water partition coefficient (Wildman–Crippen LogP) is 3.72. The van der Waals surface area contributed by atoms with Crippen LogP contribution in [0.25, 0.3) is 0 Å². The van der Waals surface area contributed by atoms with Gasteiger partial charge in [0.25, 0.3) is 0 Å². The molecule has 0 bridgehead atoms. The van der Waals surface area contributed by atoms with Crippen molar-refractivity contribution in [3.05, 3.63) is 27.7 Å². The standard InChI is InChI=1S/C15H21BrClNO2/c16-14-11-12(17)5-6-15(14)20-10-8-18(7-9-19)13-3-1-2-4-13/h5-6,11,13,19H,1-4,7-10H2. The summed E-state index contributed by atoms with van der Waals surface area (Å²) in [7, 11) is 0. The molecular formula is C15H21BrClNO2. The van der Waals surface area contributed by atoms with Gasteiger partial charge in [0.15, 0.2) is 0 Å². The van der Waals surface area contributed by atoms with Gasteiger partial charge in [0.1, 0.15) is 12.4 Å². The Kier molecular flexibility index (Phi) is 6.62. The van der Waals surface area contributed by atoms with Crippen LogP contribution in [0.2, 0.25) is 5.02 Å². The average molecular weight is 363 g/mol. The van der Waals surface area contributed by atoms with Crippen LogP contribution in [0.5, 0.6) is 5.75 Å². The van der Waals surface area contributed by atoms with E-state index in [1.54, 1.807) is 0 Å². The monoisotopic (exact) mass is 361 g/mol. The number of rotatable bonds is 7. The number of ether oxygens (including phenoxy) is 1. The summed E-state index contributed by atoms with van der Waals surface area (Å²) in [5, 5.41) is 9.88. The summed E-state index contributed by atoms with van der Waals surface area (Å²) < 4.78 is 6.67. The predicted molar refractivity (Wildman–Crippen MR) is 85.6 cm³/mol. The molecule has 3 nitrogen and oxygen atoms in total. The zero-order chi connectivity index (χ0) is 14.4. The molecule has 0 radical (unpaired) electrons. The van der Waals surface area contributed by atoms with Crippen LogP contribution in [-0.4, -0.2) is 42.4 Å². The molecule has 0 spiro atoms. The highest BCUT2D eigenvalue weighted by molar-refractivity contribution is 9.10. The second kappa shape index (κ2) is 8.23. The van der Waals surface area contributed by atoms with Crippen LogP contribution in [0.4, 0.5) is 0 Å². The third-order valence-corrected chi connectivity index (χ3v) is 4.61. The van der Waals surface area contributed by atoms with Gasteiger partial charge < -0.3 is 9.84 Å². The van der Waals surface area contributed by atoms with Crippen LogP contribution in [-0.2, 0) is 0 Å². The Bertz CT molecular complexity index is 424. The first-order valence-corrected chi connectivity index (χ1v) is 8.30. The maximum Gasteiger partial charge on any atom is 0.133 e. The molecule has 0 saturated heterocycles. The van der Waals surface area contributed by atoms with E-state index in [4.69, 9.17) is 16.3 Å². The van der Waals surface area contributed by atoms with E-state index in [0.717, 1.165) is 23.3 Å². The molecule has 1 aromatic rings. The SMILES string of the molecule is OCCN(CCOc1ccc(Cl)cc1Br)C1CCCC1. The van der Waals surface area contributed by atoms with E-state index in [1.807, 2.05) is 18.2 Å². The first kappa shape index (κ1) is 16.1. The maximum atomic E-state index is 9.18. The molecule has 5 heteroatoms. The van der Waals surface area contributed by atoms with Gasteiger partial charge in [-0.1, -0.05) is 24.4 Å². The minimum atomic E-state index is 0.209. The topological polar surface area (TPSA) is 32.7 Å². The van der Waals surface area contributed by atoms with Crippen molar-refractivity contribution in [3.8, 4) is 5.75 Å². The largest absolute Gasteiger partial charge is 0.491 e. The highest BCUT2D eigenvalue weighted by Gasteiger charge is 2.21. The van der Waals surface area contributed by atoms with E-state index < -0.39 is 0 Å². The van der Waals surface area contributed by atoms with Gasteiger partial charge in [-0.05, 0) is 47.0 Å². The zero-order valence-electron chi connectivity index (χ0n) is 11.5. The summed E-state index contributed by atoms with van der Waals surface area (Å²) in [6.45, 7) is 2.41. The van der Waals surface area contributed by atoms with Crippen LogP contribution in [0.15, 0.2) is 22.7 Å². The number of aliphatic hydroxyl groups excluding tert-OH is 1. The van der Waals surface area contributed by atoms with Gasteiger partial charge in [-0.2, -0.15) is 0 Å². The fraction of sp³-hybridized carbons (Fsp3) is 0.600. The van der Waals surface area contributed by atoms with Gasteiger partial charge in [-0.15, -0.1) is 0 Å². The van der Waals surface area contributed by atoms with E-state index in [0.29, 0.717) is 17.7 Å². The Morgan fingerprint density at radius 2 is 2.05 bits per heavy atom. The number of hydrogen-bond donors (Lipinski definition) is 1. The van der Waals surface area contributed by atoms with Crippen molar-refractivity contribution < 1.29 is 9.84 Å². The second-order valence-electron chi connectivity index (χ2n) is 5.12. The minimum Gasteiger partial charge on any atom is -0.491 e. The number of aliphatic hydroxyl groups is 1. The van der Waals surface area contributed by atoms with Crippen molar-refractivity contribution in [3.63, 3.8) is 0 Å². The Morgan fingerprint density at radius 1 is 1.30 bits per heavy atom. The Balaban J connectivity index is 1.83. The molecule has 1 fully saturated rings. The van der Waals surface area contributed by atoms with E-state index in [2.05, 4.69) is 20.8 Å². The molecule has 0 atom stereocenters. The highest BCUT2D eigenvalue weighted by atomic mass is 79.9. The summed E-state index contributed by atoms with van der Waals surface area (Å²) >= 11 is 9.36. The Hall–Kier alpha value is -0.290. The maximum absolute atomic E-state index is 9.18. The molecule has 0 aliphatic heterocycles. The van der Waals surface area contributed by atoms with Gasteiger partial charge in [-0.25, -0.2) is 0 Å². The molecule has 1 aromatic carbocycles. The number of benzene rings is 1. The van der Waals surface area contributed by atoms with Crippen LogP contribution >= 0.6 is 27.5 Å². The Labute approximate surface area is 134 Å². The van der Waals surface area contributed by atoms with E-state index in [1.165, 1.54) is 25.7 Å². The van der Waals surface area contributed by atoms with Crippen molar-refractivity contribution in [2.45, 2.75) is 31.7 Å². The van der Waals surface area contributed by atoms with Gasteiger partial charge >= 0.3 is 0 Å². The van der Waals surface area contributed by atoms with Crippen LogP contribution in [0.3, 0.4) is 0 Å². The molecule has 0 aromatic heterocycles. The summed E-state index contributed by atoms with van der Waals surface area (Å²) in [6.07, 6.45) is 5.08. The van der Waals surface area contributed by atoms with E-state index >= 15 is 0 Å². The van der Waals surface area contributed by atoms with E-state index in [-0.39, 0.29) is 6.61 Å². The number of hydrogen-bond acceptors (Lipinski definition) is 3. The summed E-state index contributed by atoms with van der Waals surface area (Å²) in [5.74, 6) is 0.810. The molecule has 0 heterocycles. The first-order valence-electron chi connectivity index (χ1n) is 7.13.